The first-order valence-electron chi connectivity index (χ1n) is 7.98. The first-order chi connectivity index (χ1) is 11.4. The zero-order chi connectivity index (χ0) is 15.5. The molecule has 1 nitrogen and oxygen atoms in total. The van der Waals surface area contributed by atoms with Gasteiger partial charge in [0.1, 0.15) is 0 Å². The van der Waals surface area contributed by atoms with Crippen LogP contribution in [0.25, 0.3) is 0 Å². The van der Waals surface area contributed by atoms with E-state index in [2.05, 4.69) is 83.8 Å². The summed E-state index contributed by atoms with van der Waals surface area (Å²) in [6, 6.07) is 28.7. The molecule has 0 saturated carbocycles. The molecule has 0 atom stereocenters. The first kappa shape index (κ1) is 14.7. The van der Waals surface area contributed by atoms with Crippen molar-refractivity contribution in [2.75, 3.05) is 0 Å². The molecule has 0 fully saturated rings. The molecule has 3 aromatic carbocycles. The third kappa shape index (κ3) is 3.40. The van der Waals surface area contributed by atoms with Crippen LogP contribution in [0.4, 0.5) is 0 Å². The monoisotopic (exact) mass is 365 g/mol. The van der Waals surface area contributed by atoms with Gasteiger partial charge in [-0.2, -0.15) is 0 Å². The number of fused-ring (bicyclic) bond motifs is 2. The molecule has 1 heterocycles. The maximum absolute atomic E-state index is 2.56. The van der Waals surface area contributed by atoms with Crippen molar-refractivity contribution in [1.82, 2.24) is 4.90 Å². The van der Waals surface area contributed by atoms with E-state index in [0.29, 0.717) is 15.0 Å². The van der Waals surface area contributed by atoms with Gasteiger partial charge in [0.25, 0.3) is 0 Å². The van der Waals surface area contributed by atoms with Crippen LogP contribution in [0, 0.1) is 0 Å². The average molecular weight is 364 g/mol. The second kappa shape index (κ2) is 6.72. The Hall–Kier alpha value is -1.86. The first-order valence-corrected chi connectivity index (χ1v) is 9.70. The quantitative estimate of drug-likeness (QED) is 0.632. The summed E-state index contributed by atoms with van der Waals surface area (Å²) in [7, 11) is 0. The van der Waals surface area contributed by atoms with Crippen molar-refractivity contribution < 1.29 is 0 Å². The topological polar surface area (TPSA) is 3.24 Å². The van der Waals surface area contributed by atoms with E-state index in [0.717, 1.165) is 19.6 Å². The van der Waals surface area contributed by atoms with Crippen LogP contribution in [0.3, 0.4) is 0 Å². The van der Waals surface area contributed by atoms with Crippen molar-refractivity contribution in [2.24, 2.45) is 0 Å². The number of nitrogens with zero attached hydrogens (tertiary/aromatic N) is 1. The third-order valence-electron chi connectivity index (χ3n) is 4.20. The number of hydrogen-bond acceptors (Lipinski definition) is 1. The summed E-state index contributed by atoms with van der Waals surface area (Å²) < 4.78 is 3.04. The predicted molar refractivity (Wildman–Crippen MR) is 97.3 cm³/mol. The molecular formula is C21H19NSe. The zero-order valence-electron chi connectivity index (χ0n) is 13.0. The van der Waals surface area contributed by atoms with Crippen molar-refractivity contribution >= 4 is 23.9 Å². The Balaban J connectivity index is 1.71. The van der Waals surface area contributed by atoms with E-state index in [-0.39, 0.29) is 0 Å². The summed E-state index contributed by atoms with van der Waals surface area (Å²) in [5, 5.41) is 0. The van der Waals surface area contributed by atoms with Crippen molar-refractivity contribution in [1.29, 1.82) is 0 Å². The fraction of sp³-hybridized carbons (Fsp3) is 0.143. The Morgan fingerprint density at radius 1 is 0.652 bits per heavy atom. The van der Waals surface area contributed by atoms with Crippen molar-refractivity contribution in [3.8, 4) is 0 Å². The molecule has 0 amide bonds. The van der Waals surface area contributed by atoms with Crippen LogP contribution in [-0.4, -0.2) is 19.9 Å². The van der Waals surface area contributed by atoms with E-state index in [9.17, 15) is 0 Å². The number of benzene rings is 3. The zero-order valence-corrected chi connectivity index (χ0v) is 14.7. The van der Waals surface area contributed by atoms with Crippen LogP contribution in [-0.2, 0) is 19.6 Å². The summed E-state index contributed by atoms with van der Waals surface area (Å²) in [5.74, 6) is 0. The summed E-state index contributed by atoms with van der Waals surface area (Å²) in [5.41, 5.74) is 4.35. The van der Waals surface area contributed by atoms with Gasteiger partial charge in [0, 0.05) is 0 Å². The van der Waals surface area contributed by atoms with Gasteiger partial charge in [-0.3, -0.25) is 0 Å². The van der Waals surface area contributed by atoms with Crippen LogP contribution in [0.2, 0.25) is 0 Å². The van der Waals surface area contributed by atoms with Gasteiger partial charge in [0.15, 0.2) is 0 Å². The molecule has 0 saturated heterocycles. The molecule has 0 unspecified atom stereocenters. The molecule has 2 heteroatoms. The Kier molecular flexibility index (Phi) is 4.30. The third-order valence-corrected chi connectivity index (χ3v) is 6.80. The van der Waals surface area contributed by atoms with Crippen molar-refractivity contribution in [3.05, 3.63) is 95.6 Å². The minimum absolute atomic E-state index is 0.409. The Bertz CT molecular complexity index is 750. The fourth-order valence-corrected chi connectivity index (χ4v) is 5.30. The molecule has 1 aliphatic heterocycles. The average Bonchev–Trinajstić information content (AvgIpc) is 2.57. The summed E-state index contributed by atoms with van der Waals surface area (Å²) in [6.07, 6.45) is 0. The number of hydrogen-bond donors (Lipinski definition) is 0. The van der Waals surface area contributed by atoms with Gasteiger partial charge in [-0.25, -0.2) is 0 Å². The van der Waals surface area contributed by atoms with Crippen molar-refractivity contribution in [2.45, 2.75) is 19.6 Å². The van der Waals surface area contributed by atoms with Gasteiger partial charge in [-0.05, 0) is 0 Å². The van der Waals surface area contributed by atoms with Gasteiger partial charge < -0.3 is 0 Å². The Labute approximate surface area is 144 Å². The molecule has 0 radical (unpaired) electrons. The van der Waals surface area contributed by atoms with Gasteiger partial charge >= 0.3 is 144 Å². The normalized spacial score (nSPS) is 14.4. The molecular weight excluding hydrogens is 345 g/mol. The summed E-state index contributed by atoms with van der Waals surface area (Å²) in [6.45, 7) is 3.05. The summed E-state index contributed by atoms with van der Waals surface area (Å²) >= 11 is 0.409. The standard InChI is InChI=1S/C21H19NSe/c1-2-8-17(9-3-1)14-22-15-18-10-4-6-12-20(18)23-21-13-7-5-11-19(21)16-22/h1-13H,14-16H2. The molecule has 4 rings (SSSR count). The predicted octanol–water partition coefficient (Wildman–Crippen LogP) is 2.86. The molecule has 0 aromatic heterocycles. The molecule has 23 heavy (non-hydrogen) atoms. The Morgan fingerprint density at radius 2 is 1.17 bits per heavy atom. The van der Waals surface area contributed by atoms with Gasteiger partial charge in [-0.1, -0.05) is 0 Å². The molecule has 0 N–H and O–H groups in total. The van der Waals surface area contributed by atoms with Crippen LogP contribution < -0.4 is 8.92 Å². The van der Waals surface area contributed by atoms with E-state index in [1.807, 2.05) is 0 Å². The molecule has 1 aliphatic rings. The second-order valence-electron chi connectivity index (χ2n) is 5.95. The molecule has 0 spiro atoms. The SMILES string of the molecule is c1ccc(CN2Cc3ccccc3[Se]c3ccccc3C2)cc1. The van der Waals surface area contributed by atoms with Crippen LogP contribution >= 0.6 is 0 Å². The Morgan fingerprint density at radius 3 is 1.78 bits per heavy atom. The van der Waals surface area contributed by atoms with Crippen LogP contribution in [0.15, 0.2) is 78.9 Å². The van der Waals surface area contributed by atoms with Crippen LogP contribution in [0.5, 0.6) is 0 Å². The van der Waals surface area contributed by atoms with E-state index >= 15 is 0 Å². The van der Waals surface area contributed by atoms with Gasteiger partial charge in [0.05, 0.1) is 0 Å². The molecule has 0 aliphatic carbocycles. The molecule has 114 valence electrons. The van der Waals surface area contributed by atoms with Gasteiger partial charge in [0.2, 0.25) is 0 Å². The van der Waals surface area contributed by atoms with Crippen LogP contribution in [0.1, 0.15) is 16.7 Å². The fourth-order valence-electron chi connectivity index (χ4n) is 3.08. The minimum atomic E-state index is 0.409. The number of rotatable bonds is 2. The van der Waals surface area contributed by atoms with E-state index in [1.165, 1.54) is 25.6 Å². The van der Waals surface area contributed by atoms with Crippen molar-refractivity contribution in [3.63, 3.8) is 0 Å². The van der Waals surface area contributed by atoms with E-state index in [1.54, 1.807) is 0 Å². The second-order valence-corrected chi connectivity index (χ2v) is 8.22. The van der Waals surface area contributed by atoms with Gasteiger partial charge in [-0.15, -0.1) is 0 Å². The molecule has 3 aromatic rings. The van der Waals surface area contributed by atoms with E-state index in [4.69, 9.17) is 0 Å². The molecule has 0 bridgehead atoms. The maximum atomic E-state index is 2.56. The summed E-state index contributed by atoms with van der Waals surface area (Å²) in [4.78, 5) is 2.56. The van der Waals surface area contributed by atoms with E-state index < -0.39 is 0 Å².